The first-order valence-electron chi connectivity index (χ1n) is 24.4. The number of unbranched alkanes of at least 4 members (excludes halogenated alkanes) is 14. The number of rotatable bonds is 45. The molecule has 0 bridgehead atoms. The van der Waals surface area contributed by atoms with E-state index in [-0.39, 0.29) is 32.3 Å². The van der Waals surface area contributed by atoms with E-state index >= 15 is 0 Å². The Hall–Kier alpha value is -2.84. The van der Waals surface area contributed by atoms with Gasteiger partial charge in [0.25, 0.3) is 0 Å². The van der Waals surface area contributed by atoms with E-state index in [4.69, 9.17) is 24.3 Å². The van der Waals surface area contributed by atoms with Crippen LogP contribution in [0.5, 0.6) is 0 Å². The molecule has 0 saturated carbocycles. The van der Waals surface area contributed by atoms with Crippen LogP contribution in [0.1, 0.15) is 181 Å². The minimum Gasteiger partial charge on any atom is -0.457 e. The maximum absolute atomic E-state index is 12.6. The Bertz CT molecular complexity index is 1310. The highest BCUT2D eigenvalue weighted by molar-refractivity contribution is 7.47. The summed E-state index contributed by atoms with van der Waals surface area (Å²) in [6.07, 6.45) is 66.8. The molecule has 0 aliphatic rings. The Labute approximate surface area is 380 Å². The number of esters is 1. The zero-order valence-corrected chi connectivity index (χ0v) is 40.2. The van der Waals surface area contributed by atoms with E-state index in [2.05, 4.69) is 123 Å². The Morgan fingerprint density at radius 2 is 0.903 bits per heavy atom. The van der Waals surface area contributed by atoms with Gasteiger partial charge in [0.1, 0.15) is 6.10 Å². The number of ether oxygens (including phenoxy) is 2. The van der Waals surface area contributed by atoms with Crippen LogP contribution < -0.4 is 5.73 Å². The van der Waals surface area contributed by atoms with Crippen LogP contribution in [0.15, 0.2) is 109 Å². The maximum atomic E-state index is 12.6. The highest BCUT2D eigenvalue weighted by atomic mass is 31.2. The topological polar surface area (TPSA) is 117 Å². The quantitative estimate of drug-likeness (QED) is 0.0269. The predicted molar refractivity (Wildman–Crippen MR) is 265 cm³/mol. The Balaban J connectivity index is 4.09. The average molecular weight is 884 g/mol. The van der Waals surface area contributed by atoms with E-state index in [1.165, 1.54) is 51.4 Å². The zero-order chi connectivity index (χ0) is 45.1. The molecule has 0 radical (unpaired) electrons. The second-order valence-corrected chi connectivity index (χ2v) is 17.0. The zero-order valence-electron chi connectivity index (χ0n) is 39.3. The van der Waals surface area contributed by atoms with Gasteiger partial charge in [-0.05, 0) is 103 Å². The lowest BCUT2D eigenvalue weighted by Crippen LogP contribution is -2.28. The van der Waals surface area contributed by atoms with Gasteiger partial charge in [0.2, 0.25) is 0 Å². The molecule has 0 heterocycles. The number of hydrogen-bond acceptors (Lipinski definition) is 7. The summed E-state index contributed by atoms with van der Waals surface area (Å²) in [5, 5.41) is 0. The SMILES string of the molecule is CC/C=C\C/C=C\C/C=C\C/C=C\C/C=C\C/C=C\CCCCCCCOCC(COP(=O)(O)OCCN)OC(=O)CCCCCCCC/C=C\C/C=C\C/C=C\CCCCC. The lowest BCUT2D eigenvalue weighted by molar-refractivity contribution is -0.154. The normalized spacial score (nSPS) is 14.3. The summed E-state index contributed by atoms with van der Waals surface area (Å²) in [6, 6.07) is 0. The Morgan fingerprint density at radius 3 is 1.35 bits per heavy atom. The molecule has 0 saturated heterocycles. The fourth-order valence-electron chi connectivity index (χ4n) is 6.12. The van der Waals surface area contributed by atoms with Gasteiger partial charge in [-0.15, -0.1) is 0 Å². The summed E-state index contributed by atoms with van der Waals surface area (Å²) in [4.78, 5) is 22.6. The van der Waals surface area contributed by atoms with Gasteiger partial charge in [-0.2, -0.15) is 0 Å². The number of phosphoric ester groups is 1. The second kappa shape index (κ2) is 49.2. The van der Waals surface area contributed by atoms with Crippen molar-refractivity contribution in [3.63, 3.8) is 0 Å². The van der Waals surface area contributed by atoms with Crippen molar-refractivity contribution in [3.8, 4) is 0 Å². The van der Waals surface area contributed by atoms with E-state index in [1.807, 2.05) is 0 Å². The van der Waals surface area contributed by atoms with Crippen molar-refractivity contribution >= 4 is 13.8 Å². The summed E-state index contributed by atoms with van der Waals surface area (Å²) in [6.45, 7) is 4.69. The summed E-state index contributed by atoms with van der Waals surface area (Å²) < 4.78 is 33.5. The summed E-state index contributed by atoms with van der Waals surface area (Å²) in [7, 11) is -4.30. The molecule has 0 amide bonds. The lowest BCUT2D eigenvalue weighted by Gasteiger charge is -2.20. The van der Waals surface area contributed by atoms with Crippen molar-refractivity contribution in [2.75, 3.05) is 33.0 Å². The average Bonchev–Trinajstić information content (AvgIpc) is 3.26. The van der Waals surface area contributed by atoms with Gasteiger partial charge in [0, 0.05) is 19.6 Å². The Kier molecular flexibility index (Phi) is 46.9. The molecule has 0 rings (SSSR count). The molecule has 0 aromatic rings. The van der Waals surface area contributed by atoms with Gasteiger partial charge in [-0.25, -0.2) is 4.57 Å². The van der Waals surface area contributed by atoms with Crippen molar-refractivity contribution < 1.29 is 32.8 Å². The maximum Gasteiger partial charge on any atom is 0.472 e. The molecular formula is C53H90NO7P. The van der Waals surface area contributed by atoms with Gasteiger partial charge < -0.3 is 20.1 Å². The van der Waals surface area contributed by atoms with Crippen LogP contribution in [-0.2, 0) is 27.9 Å². The van der Waals surface area contributed by atoms with Crippen LogP contribution in [0.4, 0.5) is 0 Å². The van der Waals surface area contributed by atoms with E-state index in [1.54, 1.807) is 0 Å². The van der Waals surface area contributed by atoms with Gasteiger partial charge in [0.05, 0.1) is 19.8 Å². The van der Waals surface area contributed by atoms with E-state index in [0.717, 1.165) is 109 Å². The standard InChI is InChI=1S/C53H90NO7P/c1-3-5-7-9-11-13-15-17-19-21-23-24-25-26-27-29-31-33-35-37-39-41-43-45-48-58-50-52(51-60-62(56,57)59-49-47-54)61-53(55)46-44-42-40-38-36-34-32-30-28-22-20-18-16-14-12-10-8-6-4-2/h5,7,11-14,17-20,23-24,26-28,30-31,33,52H,3-4,6,8-10,15-16,21-22,25,29,32,34-51,54H2,1-2H3,(H,56,57)/b7-5-,13-11-,14-12-,19-17-,20-18-,24-23-,27-26-,30-28-,33-31-. The number of nitrogens with two attached hydrogens (primary N) is 1. The van der Waals surface area contributed by atoms with Crippen molar-refractivity contribution in [2.24, 2.45) is 5.73 Å². The van der Waals surface area contributed by atoms with Crippen LogP contribution in [-0.4, -0.2) is 49.9 Å². The van der Waals surface area contributed by atoms with E-state index < -0.39 is 13.9 Å². The smallest absolute Gasteiger partial charge is 0.457 e. The molecule has 354 valence electrons. The number of phosphoric acid groups is 1. The van der Waals surface area contributed by atoms with Crippen LogP contribution in [0.3, 0.4) is 0 Å². The first kappa shape index (κ1) is 59.2. The third-order valence-corrected chi connectivity index (χ3v) is 10.7. The molecule has 9 heteroatoms. The van der Waals surface area contributed by atoms with E-state index in [0.29, 0.717) is 13.0 Å². The van der Waals surface area contributed by atoms with Crippen LogP contribution in [0, 0.1) is 0 Å². The summed E-state index contributed by atoms with van der Waals surface area (Å²) in [5.74, 6) is -0.355. The molecule has 62 heavy (non-hydrogen) atoms. The van der Waals surface area contributed by atoms with Crippen LogP contribution in [0.25, 0.3) is 0 Å². The number of carbonyl (C=O) groups is 1. The van der Waals surface area contributed by atoms with Crippen molar-refractivity contribution in [1.82, 2.24) is 0 Å². The molecule has 0 aliphatic carbocycles. The summed E-state index contributed by atoms with van der Waals surface area (Å²) >= 11 is 0. The van der Waals surface area contributed by atoms with Crippen LogP contribution in [0.2, 0.25) is 0 Å². The first-order valence-corrected chi connectivity index (χ1v) is 25.9. The lowest BCUT2D eigenvalue weighted by atomic mass is 10.1. The third-order valence-electron chi connectivity index (χ3n) is 9.67. The molecule has 3 N–H and O–H groups in total. The van der Waals surface area contributed by atoms with Crippen molar-refractivity contribution in [3.05, 3.63) is 109 Å². The number of carbonyl (C=O) groups excluding carboxylic acids is 1. The molecular weight excluding hydrogens is 794 g/mol. The second-order valence-electron chi connectivity index (χ2n) is 15.6. The first-order chi connectivity index (χ1) is 30.4. The molecule has 2 unspecified atom stereocenters. The minimum absolute atomic E-state index is 0.0879. The monoisotopic (exact) mass is 884 g/mol. The molecule has 0 aromatic heterocycles. The highest BCUT2D eigenvalue weighted by Crippen LogP contribution is 2.43. The van der Waals surface area contributed by atoms with Gasteiger partial charge in [-0.3, -0.25) is 13.8 Å². The van der Waals surface area contributed by atoms with Gasteiger partial charge >= 0.3 is 13.8 Å². The molecule has 0 spiro atoms. The summed E-state index contributed by atoms with van der Waals surface area (Å²) in [5.41, 5.74) is 5.38. The minimum atomic E-state index is -4.30. The third kappa shape index (κ3) is 48.2. The van der Waals surface area contributed by atoms with Gasteiger partial charge in [-0.1, -0.05) is 181 Å². The highest BCUT2D eigenvalue weighted by Gasteiger charge is 2.25. The van der Waals surface area contributed by atoms with Crippen molar-refractivity contribution in [1.29, 1.82) is 0 Å². The van der Waals surface area contributed by atoms with Gasteiger partial charge in [0.15, 0.2) is 0 Å². The Morgan fingerprint density at radius 1 is 0.500 bits per heavy atom. The fraction of sp³-hybridized carbons (Fsp3) is 0.642. The molecule has 0 aliphatic heterocycles. The predicted octanol–water partition coefficient (Wildman–Crippen LogP) is 15.2. The largest absolute Gasteiger partial charge is 0.472 e. The molecule has 2 atom stereocenters. The molecule has 0 fully saturated rings. The molecule has 8 nitrogen and oxygen atoms in total. The molecule has 0 aromatic carbocycles. The fourth-order valence-corrected chi connectivity index (χ4v) is 6.89. The van der Waals surface area contributed by atoms with Crippen molar-refractivity contribution in [2.45, 2.75) is 187 Å². The van der Waals surface area contributed by atoms with E-state index in [9.17, 15) is 14.3 Å². The van der Waals surface area contributed by atoms with Crippen LogP contribution >= 0.6 is 7.82 Å². The number of hydrogen-bond donors (Lipinski definition) is 2. The number of allylic oxidation sites excluding steroid dienone is 18.